The molecule has 0 spiro atoms. The SMILES string of the molecule is CC(CCc1ccccc1I)NC(=O)c1ccccn1. The number of benzene rings is 1. The van der Waals surface area contributed by atoms with Crippen LogP contribution < -0.4 is 5.32 Å². The van der Waals surface area contributed by atoms with Gasteiger partial charge >= 0.3 is 0 Å². The summed E-state index contributed by atoms with van der Waals surface area (Å²) >= 11 is 2.34. The van der Waals surface area contributed by atoms with Gasteiger partial charge in [0.15, 0.2) is 0 Å². The zero-order valence-electron chi connectivity index (χ0n) is 11.3. The lowest BCUT2D eigenvalue weighted by Crippen LogP contribution is -2.33. The molecule has 1 atom stereocenters. The van der Waals surface area contributed by atoms with E-state index in [1.807, 2.05) is 19.1 Å². The lowest BCUT2D eigenvalue weighted by Gasteiger charge is -2.14. The molecule has 4 heteroatoms. The van der Waals surface area contributed by atoms with Crippen LogP contribution in [0.1, 0.15) is 29.4 Å². The third-order valence-electron chi connectivity index (χ3n) is 3.08. The summed E-state index contributed by atoms with van der Waals surface area (Å²) in [5.41, 5.74) is 1.79. The minimum Gasteiger partial charge on any atom is -0.348 e. The molecule has 1 amide bonds. The van der Waals surface area contributed by atoms with E-state index in [0.29, 0.717) is 5.69 Å². The molecule has 2 rings (SSSR count). The monoisotopic (exact) mass is 380 g/mol. The first kappa shape index (κ1) is 15.0. The maximum Gasteiger partial charge on any atom is 0.270 e. The number of hydrogen-bond acceptors (Lipinski definition) is 2. The number of carbonyl (C=O) groups is 1. The summed E-state index contributed by atoms with van der Waals surface area (Å²) in [6.45, 7) is 2.02. The summed E-state index contributed by atoms with van der Waals surface area (Å²) in [5, 5.41) is 2.98. The van der Waals surface area contributed by atoms with Crippen molar-refractivity contribution in [2.75, 3.05) is 0 Å². The number of nitrogens with one attached hydrogen (secondary N) is 1. The normalized spacial score (nSPS) is 11.9. The van der Waals surface area contributed by atoms with E-state index in [1.54, 1.807) is 18.3 Å². The summed E-state index contributed by atoms with van der Waals surface area (Å²) < 4.78 is 1.27. The Hall–Kier alpha value is -1.43. The highest BCUT2D eigenvalue weighted by molar-refractivity contribution is 14.1. The number of nitrogens with zero attached hydrogens (tertiary/aromatic N) is 1. The maximum absolute atomic E-state index is 12.0. The second-order valence-electron chi connectivity index (χ2n) is 4.72. The van der Waals surface area contributed by atoms with E-state index in [1.165, 1.54) is 9.13 Å². The molecule has 1 aromatic heterocycles. The number of halogens is 1. The molecular formula is C16H17IN2O. The second-order valence-corrected chi connectivity index (χ2v) is 5.88. The fourth-order valence-electron chi connectivity index (χ4n) is 1.94. The third kappa shape index (κ3) is 4.30. The van der Waals surface area contributed by atoms with Crippen LogP contribution in [0.2, 0.25) is 0 Å². The Labute approximate surface area is 133 Å². The predicted molar refractivity (Wildman–Crippen MR) is 88.6 cm³/mol. The van der Waals surface area contributed by atoms with Gasteiger partial charge in [0.2, 0.25) is 0 Å². The standard InChI is InChI=1S/C16H17IN2O/c1-12(9-10-13-6-2-3-7-14(13)17)19-16(20)15-8-4-5-11-18-15/h2-8,11-12H,9-10H2,1H3,(H,19,20). The summed E-state index contributed by atoms with van der Waals surface area (Å²) in [4.78, 5) is 16.0. The quantitative estimate of drug-likeness (QED) is 0.808. The van der Waals surface area contributed by atoms with Gasteiger partial charge in [-0.15, -0.1) is 0 Å². The number of pyridine rings is 1. The second kappa shape index (κ2) is 7.38. The topological polar surface area (TPSA) is 42.0 Å². The molecule has 0 aliphatic rings. The van der Waals surface area contributed by atoms with Crippen LogP contribution in [0.25, 0.3) is 0 Å². The molecule has 0 saturated heterocycles. The molecule has 0 aliphatic carbocycles. The summed E-state index contributed by atoms with van der Waals surface area (Å²) in [6.07, 6.45) is 3.51. The summed E-state index contributed by atoms with van der Waals surface area (Å²) in [5.74, 6) is -0.110. The average molecular weight is 380 g/mol. The molecule has 3 nitrogen and oxygen atoms in total. The van der Waals surface area contributed by atoms with Crippen LogP contribution in [0, 0.1) is 3.57 Å². The Morgan fingerprint density at radius 1 is 1.25 bits per heavy atom. The van der Waals surface area contributed by atoms with Crippen molar-refractivity contribution in [1.82, 2.24) is 10.3 Å². The van der Waals surface area contributed by atoms with Crippen LogP contribution in [0.3, 0.4) is 0 Å². The fraction of sp³-hybridized carbons (Fsp3) is 0.250. The van der Waals surface area contributed by atoms with Crippen molar-refractivity contribution in [1.29, 1.82) is 0 Å². The Kier molecular flexibility index (Phi) is 5.52. The molecule has 1 unspecified atom stereocenters. The summed E-state index contributed by atoms with van der Waals surface area (Å²) in [7, 11) is 0. The number of aromatic nitrogens is 1. The fourth-order valence-corrected chi connectivity index (χ4v) is 2.60. The van der Waals surface area contributed by atoms with Crippen LogP contribution in [-0.2, 0) is 6.42 Å². The Bertz CT molecular complexity index is 572. The number of carbonyl (C=O) groups excluding carboxylic acids is 1. The van der Waals surface area contributed by atoms with Crippen molar-refractivity contribution in [2.24, 2.45) is 0 Å². The first-order chi connectivity index (χ1) is 9.66. The molecule has 0 aliphatic heterocycles. The van der Waals surface area contributed by atoms with Gasteiger partial charge in [-0.25, -0.2) is 0 Å². The zero-order valence-corrected chi connectivity index (χ0v) is 13.5. The number of hydrogen-bond donors (Lipinski definition) is 1. The van der Waals surface area contributed by atoms with E-state index in [9.17, 15) is 4.79 Å². The van der Waals surface area contributed by atoms with Crippen molar-refractivity contribution in [3.8, 4) is 0 Å². The van der Waals surface area contributed by atoms with E-state index in [-0.39, 0.29) is 11.9 Å². The Balaban J connectivity index is 1.86. The van der Waals surface area contributed by atoms with Gasteiger partial charge in [-0.05, 0) is 66.1 Å². The van der Waals surface area contributed by atoms with Crippen LogP contribution in [0.15, 0.2) is 48.7 Å². The molecule has 0 bridgehead atoms. The van der Waals surface area contributed by atoms with Crippen LogP contribution in [0.5, 0.6) is 0 Å². The van der Waals surface area contributed by atoms with Crippen molar-refractivity contribution in [2.45, 2.75) is 25.8 Å². The molecule has 2 aromatic rings. The van der Waals surface area contributed by atoms with Crippen molar-refractivity contribution >= 4 is 28.5 Å². The van der Waals surface area contributed by atoms with E-state index in [2.05, 4.69) is 51.1 Å². The molecule has 0 fully saturated rings. The Morgan fingerprint density at radius 3 is 2.70 bits per heavy atom. The zero-order chi connectivity index (χ0) is 14.4. The molecule has 0 radical (unpaired) electrons. The largest absolute Gasteiger partial charge is 0.348 e. The van der Waals surface area contributed by atoms with Gasteiger partial charge in [0.25, 0.3) is 5.91 Å². The minimum atomic E-state index is -0.110. The lowest BCUT2D eigenvalue weighted by atomic mass is 10.1. The highest BCUT2D eigenvalue weighted by atomic mass is 127. The number of aryl methyl sites for hydroxylation is 1. The van der Waals surface area contributed by atoms with E-state index >= 15 is 0 Å². The first-order valence-electron chi connectivity index (χ1n) is 6.62. The van der Waals surface area contributed by atoms with E-state index < -0.39 is 0 Å². The Morgan fingerprint density at radius 2 is 2.00 bits per heavy atom. The van der Waals surface area contributed by atoms with Gasteiger partial charge in [-0.2, -0.15) is 0 Å². The molecule has 104 valence electrons. The average Bonchev–Trinajstić information content (AvgIpc) is 2.47. The molecule has 1 aromatic carbocycles. The van der Waals surface area contributed by atoms with Crippen molar-refractivity contribution < 1.29 is 4.79 Å². The lowest BCUT2D eigenvalue weighted by molar-refractivity contribution is 0.0933. The van der Waals surface area contributed by atoms with Crippen molar-refractivity contribution in [3.05, 3.63) is 63.5 Å². The van der Waals surface area contributed by atoms with Gasteiger partial charge in [-0.1, -0.05) is 24.3 Å². The van der Waals surface area contributed by atoms with Gasteiger partial charge < -0.3 is 5.32 Å². The predicted octanol–water partition coefficient (Wildman–Crippen LogP) is 3.44. The molecular weight excluding hydrogens is 363 g/mol. The van der Waals surface area contributed by atoms with Gasteiger partial charge in [0.05, 0.1) is 0 Å². The van der Waals surface area contributed by atoms with E-state index in [4.69, 9.17) is 0 Å². The highest BCUT2D eigenvalue weighted by Crippen LogP contribution is 2.14. The van der Waals surface area contributed by atoms with Gasteiger partial charge in [-0.3, -0.25) is 9.78 Å². The third-order valence-corrected chi connectivity index (χ3v) is 4.13. The highest BCUT2D eigenvalue weighted by Gasteiger charge is 2.10. The molecule has 1 heterocycles. The number of rotatable bonds is 5. The summed E-state index contributed by atoms with van der Waals surface area (Å²) in [6, 6.07) is 13.8. The van der Waals surface area contributed by atoms with Gasteiger partial charge in [0, 0.05) is 15.8 Å². The van der Waals surface area contributed by atoms with Crippen LogP contribution in [-0.4, -0.2) is 16.9 Å². The smallest absolute Gasteiger partial charge is 0.270 e. The first-order valence-corrected chi connectivity index (χ1v) is 7.70. The minimum absolute atomic E-state index is 0.110. The molecule has 20 heavy (non-hydrogen) atoms. The maximum atomic E-state index is 12.0. The van der Waals surface area contributed by atoms with Gasteiger partial charge in [0.1, 0.15) is 5.69 Å². The molecule has 0 saturated carbocycles. The molecule has 1 N–H and O–H groups in total. The van der Waals surface area contributed by atoms with Crippen LogP contribution in [0.4, 0.5) is 0 Å². The van der Waals surface area contributed by atoms with Crippen molar-refractivity contribution in [3.63, 3.8) is 0 Å². The number of amides is 1. The van der Waals surface area contributed by atoms with Crippen LogP contribution >= 0.6 is 22.6 Å². The van der Waals surface area contributed by atoms with E-state index in [0.717, 1.165) is 12.8 Å².